The first kappa shape index (κ1) is 11.7. The molecule has 0 aromatic carbocycles. The Hall–Kier alpha value is -1.78. The SMILES string of the molecule is CN(C)C(=O)C1CCCN1c1ccc(N)nc1. The predicted octanol–water partition coefficient (Wildman–Crippen LogP) is 0.721. The Morgan fingerprint density at radius 1 is 1.53 bits per heavy atom. The second kappa shape index (κ2) is 4.61. The van der Waals surface area contributed by atoms with Gasteiger partial charge in [0.1, 0.15) is 11.9 Å². The van der Waals surface area contributed by atoms with Crippen LogP contribution in [0.5, 0.6) is 0 Å². The number of carbonyl (C=O) groups is 1. The lowest BCUT2D eigenvalue weighted by molar-refractivity contribution is -0.129. The van der Waals surface area contributed by atoms with Crippen molar-refractivity contribution < 1.29 is 4.79 Å². The number of hydrogen-bond acceptors (Lipinski definition) is 4. The van der Waals surface area contributed by atoms with E-state index in [1.807, 2.05) is 6.07 Å². The Labute approximate surface area is 101 Å². The van der Waals surface area contributed by atoms with Crippen molar-refractivity contribution in [2.45, 2.75) is 18.9 Å². The molecular formula is C12H18N4O. The average molecular weight is 234 g/mol. The highest BCUT2D eigenvalue weighted by atomic mass is 16.2. The molecule has 92 valence electrons. The maximum Gasteiger partial charge on any atom is 0.244 e. The predicted molar refractivity (Wildman–Crippen MR) is 67.7 cm³/mol. The van der Waals surface area contributed by atoms with Gasteiger partial charge in [-0.3, -0.25) is 4.79 Å². The van der Waals surface area contributed by atoms with Gasteiger partial charge in [-0.25, -0.2) is 4.98 Å². The minimum atomic E-state index is -0.0598. The lowest BCUT2D eigenvalue weighted by Crippen LogP contribution is -2.42. The molecule has 0 radical (unpaired) electrons. The van der Waals surface area contributed by atoms with Gasteiger partial charge >= 0.3 is 0 Å². The van der Waals surface area contributed by atoms with E-state index >= 15 is 0 Å². The zero-order chi connectivity index (χ0) is 12.4. The molecule has 0 saturated carbocycles. The number of nitrogens with zero attached hydrogens (tertiary/aromatic N) is 3. The second-order valence-electron chi connectivity index (χ2n) is 4.53. The van der Waals surface area contributed by atoms with Crippen molar-refractivity contribution in [3.63, 3.8) is 0 Å². The van der Waals surface area contributed by atoms with Gasteiger partial charge in [0.25, 0.3) is 0 Å². The van der Waals surface area contributed by atoms with Gasteiger partial charge in [0.15, 0.2) is 0 Å². The fraction of sp³-hybridized carbons (Fsp3) is 0.500. The number of hydrogen-bond donors (Lipinski definition) is 1. The Morgan fingerprint density at radius 2 is 2.29 bits per heavy atom. The van der Waals surface area contributed by atoms with Gasteiger partial charge in [-0.05, 0) is 25.0 Å². The van der Waals surface area contributed by atoms with E-state index in [-0.39, 0.29) is 11.9 Å². The van der Waals surface area contributed by atoms with Crippen molar-refractivity contribution >= 4 is 17.4 Å². The molecule has 1 fully saturated rings. The second-order valence-corrected chi connectivity index (χ2v) is 4.53. The van der Waals surface area contributed by atoms with Crippen LogP contribution in [-0.2, 0) is 4.79 Å². The highest BCUT2D eigenvalue weighted by Crippen LogP contribution is 2.26. The van der Waals surface area contributed by atoms with Crippen LogP contribution >= 0.6 is 0 Å². The Morgan fingerprint density at radius 3 is 2.88 bits per heavy atom. The standard InChI is InChI=1S/C12H18N4O/c1-15(2)12(17)10-4-3-7-16(10)9-5-6-11(13)14-8-9/h5-6,8,10H,3-4,7H2,1-2H3,(H2,13,14). The molecule has 2 N–H and O–H groups in total. The van der Waals surface area contributed by atoms with Crippen LogP contribution in [0.15, 0.2) is 18.3 Å². The lowest BCUT2D eigenvalue weighted by atomic mass is 10.2. The Balaban J connectivity index is 2.20. The number of pyridine rings is 1. The molecule has 1 unspecified atom stereocenters. The van der Waals surface area contributed by atoms with Crippen molar-refractivity contribution in [1.82, 2.24) is 9.88 Å². The maximum absolute atomic E-state index is 12.0. The van der Waals surface area contributed by atoms with E-state index in [2.05, 4.69) is 9.88 Å². The number of rotatable bonds is 2. The minimum absolute atomic E-state index is 0.0598. The van der Waals surface area contributed by atoms with Gasteiger partial charge < -0.3 is 15.5 Å². The van der Waals surface area contributed by atoms with Crippen molar-refractivity contribution in [2.24, 2.45) is 0 Å². The topological polar surface area (TPSA) is 62.5 Å². The lowest BCUT2D eigenvalue weighted by Gasteiger charge is -2.27. The fourth-order valence-electron chi connectivity index (χ4n) is 2.20. The summed E-state index contributed by atoms with van der Waals surface area (Å²) in [6.07, 6.45) is 3.67. The van der Waals surface area contributed by atoms with Crippen LogP contribution in [0.1, 0.15) is 12.8 Å². The summed E-state index contributed by atoms with van der Waals surface area (Å²) in [4.78, 5) is 19.9. The van der Waals surface area contributed by atoms with Crippen molar-refractivity contribution in [3.05, 3.63) is 18.3 Å². The highest BCUT2D eigenvalue weighted by molar-refractivity contribution is 5.85. The molecule has 1 aliphatic heterocycles. The molecule has 1 saturated heterocycles. The monoisotopic (exact) mass is 234 g/mol. The van der Waals surface area contributed by atoms with Crippen LogP contribution in [-0.4, -0.2) is 42.5 Å². The number of likely N-dealkylation sites (N-methyl/N-ethyl adjacent to an activating group) is 1. The molecule has 2 heterocycles. The number of anilines is 2. The number of nitrogens with two attached hydrogens (primary N) is 1. The third-order valence-electron chi connectivity index (χ3n) is 3.08. The first-order valence-electron chi connectivity index (χ1n) is 5.79. The first-order chi connectivity index (χ1) is 8.09. The van der Waals surface area contributed by atoms with E-state index in [0.717, 1.165) is 25.1 Å². The molecule has 1 amide bonds. The van der Waals surface area contributed by atoms with Gasteiger partial charge in [-0.2, -0.15) is 0 Å². The molecule has 2 rings (SSSR count). The third-order valence-corrected chi connectivity index (χ3v) is 3.08. The number of aromatic nitrogens is 1. The van der Waals surface area contributed by atoms with E-state index in [4.69, 9.17) is 5.73 Å². The quantitative estimate of drug-likeness (QED) is 0.819. The van der Waals surface area contributed by atoms with Gasteiger partial charge in [-0.15, -0.1) is 0 Å². The smallest absolute Gasteiger partial charge is 0.244 e. The number of nitrogen functional groups attached to an aromatic ring is 1. The average Bonchev–Trinajstić information content (AvgIpc) is 2.77. The summed E-state index contributed by atoms with van der Waals surface area (Å²) in [5.74, 6) is 0.655. The fourth-order valence-corrected chi connectivity index (χ4v) is 2.20. The zero-order valence-electron chi connectivity index (χ0n) is 10.3. The summed E-state index contributed by atoms with van der Waals surface area (Å²) in [7, 11) is 3.58. The van der Waals surface area contributed by atoms with E-state index in [1.165, 1.54) is 0 Å². The largest absolute Gasteiger partial charge is 0.384 e. The van der Waals surface area contributed by atoms with E-state index < -0.39 is 0 Å². The number of amides is 1. The Kier molecular flexibility index (Phi) is 3.17. The van der Waals surface area contributed by atoms with E-state index in [0.29, 0.717) is 5.82 Å². The van der Waals surface area contributed by atoms with Crippen LogP contribution in [0, 0.1) is 0 Å². The Bertz CT molecular complexity index is 401. The maximum atomic E-state index is 12.0. The molecule has 17 heavy (non-hydrogen) atoms. The van der Waals surface area contributed by atoms with Crippen LogP contribution in [0.2, 0.25) is 0 Å². The molecule has 5 nitrogen and oxygen atoms in total. The minimum Gasteiger partial charge on any atom is -0.384 e. The van der Waals surface area contributed by atoms with Crippen molar-refractivity contribution in [1.29, 1.82) is 0 Å². The first-order valence-corrected chi connectivity index (χ1v) is 5.79. The van der Waals surface area contributed by atoms with E-state index in [9.17, 15) is 4.79 Å². The molecule has 1 aromatic heterocycles. The van der Waals surface area contributed by atoms with Gasteiger partial charge in [0.05, 0.1) is 11.9 Å². The van der Waals surface area contributed by atoms with Crippen molar-refractivity contribution in [2.75, 3.05) is 31.3 Å². The number of carbonyl (C=O) groups excluding carboxylic acids is 1. The van der Waals surface area contributed by atoms with Crippen LogP contribution in [0.3, 0.4) is 0 Å². The van der Waals surface area contributed by atoms with Crippen LogP contribution < -0.4 is 10.6 Å². The summed E-state index contributed by atoms with van der Waals surface area (Å²) in [6.45, 7) is 0.899. The van der Waals surface area contributed by atoms with E-state index in [1.54, 1.807) is 31.3 Å². The molecule has 0 bridgehead atoms. The summed E-state index contributed by atoms with van der Waals surface area (Å²) >= 11 is 0. The molecule has 5 heteroatoms. The summed E-state index contributed by atoms with van der Waals surface area (Å²) in [6, 6.07) is 3.63. The van der Waals surface area contributed by atoms with Gasteiger partial charge in [0, 0.05) is 20.6 Å². The van der Waals surface area contributed by atoms with Crippen molar-refractivity contribution in [3.8, 4) is 0 Å². The highest BCUT2D eigenvalue weighted by Gasteiger charge is 2.31. The molecule has 1 aromatic rings. The van der Waals surface area contributed by atoms with Crippen LogP contribution in [0.25, 0.3) is 0 Å². The molecular weight excluding hydrogens is 216 g/mol. The third kappa shape index (κ3) is 2.33. The molecule has 1 aliphatic rings. The molecule has 1 atom stereocenters. The summed E-state index contributed by atoms with van der Waals surface area (Å²) in [5.41, 5.74) is 6.53. The molecule has 0 spiro atoms. The van der Waals surface area contributed by atoms with Gasteiger partial charge in [-0.1, -0.05) is 0 Å². The van der Waals surface area contributed by atoms with Crippen LogP contribution in [0.4, 0.5) is 11.5 Å². The normalized spacial score (nSPS) is 19.4. The zero-order valence-corrected chi connectivity index (χ0v) is 10.3. The summed E-state index contributed by atoms with van der Waals surface area (Å²) in [5, 5.41) is 0. The summed E-state index contributed by atoms with van der Waals surface area (Å²) < 4.78 is 0. The van der Waals surface area contributed by atoms with Gasteiger partial charge in [0.2, 0.25) is 5.91 Å². The molecule has 0 aliphatic carbocycles.